The van der Waals surface area contributed by atoms with Gasteiger partial charge in [-0.2, -0.15) is 0 Å². The van der Waals surface area contributed by atoms with Crippen molar-refractivity contribution in [2.24, 2.45) is 7.05 Å². The minimum atomic E-state index is 0.910. The van der Waals surface area contributed by atoms with Gasteiger partial charge in [0, 0.05) is 43.7 Å². The number of methoxy groups -OCH3 is 1. The van der Waals surface area contributed by atoms with Crippen LogP contribution in [0.3, 0.4) is 0 Å². The standard InChI is InChI=1S/C7H8O.2C7H8.2C6H7N.C4H6N2/c1-8-7-5-3-2-4-6-7;2*1-7-5-3-2-4-6-7;1-6-3-2-4-7-5-6;1-6-4-2-3-5-7-6;1-6-3-2-5-4-6/h2-6H,1H3;2*2-6H,1H3;2*2-5H,1H3;2-4H,1H3. The van der Waals surface area contributed by atoms with E-state index >= 15 is 0 Å². The lowest BCUT2D eigenvalue weighted by atomic mass is 10.2. The summed E-state index contributed by atoms with van der Waals surface area (Å²) >= 11 is 0. The van der Waals surface area contributed by atoms with Gasteiger partial charge in [-0.1, -0.05) is 102 Å². The van der Waals surface area contributed by atoms with Crippen LogP contribution < -0.4 is 4.74 Å². The number of nitrogens with zero attached hydrogens (tertiary/aromatic N) is 4. The Morgan fingerprint density at radius 2 is 1.05 bits per heavy atom. The van der Waals surface area contributed by atoms with Gasteiger partial charge in [-0.05, 0) is 63.6 Å². The molecule has 218 valence electrons. The van der Waals surface area contributed by atoms with Crippen molar-refractivity contribution in [2.75, 3.05) is 7.11 Å². The molecule has 0 aliphatic rings. The van der Waals surface area contributed by atoms with Crippen LogP contribution in [0, 0.1) is 27.7 Å². The second kappa shape index (κ2) is 23.8. The summed E-state index contributed by atoms with van der Waals surface area (Å²) in [6.45, 7) is 8.16. The Balaban J connectivity index is 0.000000252. The van der Waals surface area contributed by atoms with Crippen molar-refractivity contribution in [2.45, 2.75) is 27.7 Å². The molecular formula is C37H44N4O. The molecule has 0 amide bonds. The van der Waals surface area contributed by atoms with Gasteiger partial charge in [0.05, 0.1) is 13.4 Å². The van der Waals surface area contributed by atoms with E-state index in [1.165, 1.54) is 16.7 Å². The number of ether oxygens (including phenoxy) is 1. The summed E-state index contributed by atoms with van der Waals surface area (Å²) in [5, 5.41) is 0. The zero-order chi connectivity index (χ0) is 30.7. The van der Waals surface area contributed by atoms with Crippen LogP contribution in [-0.2, 0) is 7.05 Å². The number of hydrogen-bond acceptors (Lipinski definition) is 4. The highest BCUT2D eigenvalue weighted by molar-refractivity contribution is 5.20. The molecule has 5 heteroatoms. The lowest BCUT2D eigenvalue weighted by Crippen LogP contribution is -1.78. The van der Waals surface area contributed by atoms with Crippen molar-refractivity contribution in [3.8, 4) is 5.75 Å². The Morgan fingerprint density at radius 3 is 1.26 bits per heavy atom. The first-order valence-electron chi connectivity index (χ1n) is 13.7. The summed E-state index contributed by atoms with van der Waals surface area (Å²) in [4.78, 5) is 11.6. The molecule has 0 aliphatic carbocycles. The van der Waals surface area contributed by atoms with E-state index in [-0.39, 0.29) is 0 Å². The average Bonchev–Trinajstić information content (AvgIpc) is 3.52. The summed E-state index contributed by atoms with van der Waals surface area (Å²) in [5.41, 5.74) is 4.93. The van der Waals surface area contributed by atoms with Gasteiger partial charge < -0.3 is 9.30 Å². The topological polar surface area (TPSA) is 52.8 Å². The van der Waals surface area contributed by atoms with E-state index in [2.05, 4.69) is 53.1 Å². The Morgan fingerprint density at radius 1 is 0.524 bits per heavy atom. The van der Waals surface area contributed by atoms with Gasteiger partial charge in [0.1, 0.15) is 5.75 Å². The Kier molecular flexibility index (Phi) is 19.9. The van der Waals surface area contributed by atoms with Crippen molar-refractivity contribution in [1.82, 2.24) is 19.5 Å². The van der Waals surface area contributed by atoms with Crippen molar-refractivity contribution in [1.29, 1.82) is 0 Å². The number of para-hydroxylation sites is 1. The maximum Gasteiger partial charge on any atom is 0.118 e. The minimum absolute atomic E-state index is 0.910. The first-order valence-corrected chi connectivity index (χ1v) is 13.7. The molecule has 0 radical (unpaired) electrons. The largest absolute Gasteiger partial charge is 0.497 e. The van der Waals surface area contributed by atoms with E-state index in [4.69, 9.17) is 4.74 Å². The van der Waals surface area contributed by atoms with E-state index < -0.39 is 0 Å². The number of aryl methyl sites for hydroxylation is 5. The van der Waals surface area contributed by atoms with E-state index in [9.17, 15) is 0 Å². The maximum atomic E-state index is 4.91. The molecule has 0 atom stereocenters. The average molecular weight is 561 g/mol. The van der Waals surface area contributed by atoms with Crippen molar-refractivity contribution >= 4 is 0 Å². The number of benzene rings is 3. The Labute approximate surface area is 252 Å². The number of rotatable bonds is 1. The lowest BCUT2D eigenvalue weighted by Gasteiger charge is -1.93. The molecule has 3 heterocycles. The molecule has 0 bridgehead atoms. The zero-order valence-corrected chi connectivity index (χ0v) is 25.7. The van der Waals surface area contributed by atoms with Gasteiger partial charge in [0.2, 0.25) is 0 Å². The predicted octanol–water partition coefficient (Wildman–Crippen LogP) is 8.89. The summed E-state index contributed by atoms with van der Waals surface area (Å²) in [6.07, 6.45) is 10.8. The number of imidazole rings is 1. The SMILES string of the molecule is COc1ccccc1.Cc1ccccc1.Cc1ccccc1.Cc1ccccn1.Cc1cccnc1.Cn1ccnc1. The molecule has 0 aliphatic heterocycles. The summed E-state index contributed by atoms with van der Waals surface area (Å²) in [7, 11) is 3.60. The Hall–Kier alpha value is -5.03. The normalized spacial score (nSPS) is 8.71. The first kappa shape index (κ1) is 35.0. The van der Waals surface area contributed by atoms with Gasteiger partial charge in [-0.25, -0.2) is 4.98 Å². The molecule has 0 unspecified atom stereocenters. The second-order valence-electron chi connectivity index (χ2n) is 9.06. The number of hydrogen-bond donors (Lipinski definition) is 0. The van der Waals surface area contributed by atoms with Gasteiger partial charge >= 0.3 is 0 Å². The van der Waals surface area contributed by atoms with Crippen LogP contribution in [0.1, 0.15) is 22.4 Å². The highest BCUT2D eigenvalue weighted by Gasteiger charge is 1.80. The van der Waals surface area contributed by atoms with E-state index in [1.807, 2.05) is 135 Å². The molecule has 0 fully saturated rings. The fraction of sp³-hybridized carbons (Fsp3) is 0.162. The highest BCUT2D eigenvalue weighted by atomic mass is 16.5. The maximum absolute atomic E-state index is 4.91. The third kappa shape index (κ3) is 20.9. The quantitative estimate of drug-likeness (QED) is 0.201. The van der Waals surface area contributed by atoms with Crippen molar-refractivity contribution < 1.29 is 4.74 Å². The summed E-state index contributed by atoms with van der Waals surface area (Å²) in [5.74, 6) is 0.910. The third-order valence-corrected chi connectivity index (χ3v) is 5.12. The molecule has 6 rings (SSSR count). The molecule has 42 heavy (non-hydrogen) atoms. The summed E-state index contributed by atoms with van der Waals surface area (Å²) in [6, 6.07) is 40.0. The van der Waals surface area contributed by atoms with Crippen LogP contribution in [-0.4, -0.2) is 26.6 Å². The third-order valence-electron chi connectivity index (χ3n) is 5.12. The Bertz CT molecular complexity index is 1210. The van der Waals surface area contributed by atoms with Crippen LogP contribution in [0.2, 0.25) is 0 Å². The van der Waals surface area contributed by atoms with Crippen molar-refractivity contribution in [3.63, 3.8) is 0 Å². The highest BCUT2D eigenvalue weighted by Crippen LogP contribution is 2.05. The van der Waals surface area contributed by atoms with Gasteiger partial charge in [-0.15, -0.1) is 0 Å². The van der Waals surface area contributed by atoms with Crippen LogP contribution in [0.15, 0.2) is 159 Å². The number of aromatic nitrogens is 4. The van der Waals surface area contributed by atoms with E-state index in [1.54, 1.807) is 32.0 Å². The molecule has 3 aromatic heterocycles. The second-order valence-corrected chi connectivity index (χ2v) is 9.06. The smallest absolute Gasteiger partial charge is 0.118 e. The minimum Gasteiger partial charge on any atom is -0.497 e. The fourth-order valence-corrected chi connectivity index (χ4v) is 2.85. The predicted molar refractivity (Wildman–Crippen MR) is 177 cm³/mol. The molecule has 6 aromatic rings. The van der Waals surface area contributed by atoms with Gasteiger partial charge in [0.25, 0.3) is 0 Å². The molecular weight excluding hydrogens is 516 g/mol. The van der Waals surface area contributed by atoms with E-state index in [0.29, 0.717) is 0 Å². The van der Waals surface area contributed by atoms with Crippen LogP contribution in [0.4, 0.5) is 0 Å². The molecule has 3 aromatic carbocycles. The van der Waals surface area contributed by atoms with Crippen molar-refractivity contribution in [3.05, 3.63) is 181 Å². The van der Waals surface area contributed by atoms with Crippen LogP contribution in [0.5, 0.6) is 5.75 Å². The number of pyridine rings is 2. The molecule has 0 spiro atoms. The van der Waals surface area contributed by atoms with Gasteiger partial charge in [0.15, 0.2) is 0 Å². The summed E-state index contributed by atoms with van der Waals surface area (Å²) < 4.78 is 6.80. The van der Waals surface area contributed by atoms with E-state index in [0.717, 1.165) is 11.4 Å². The monoisotopic (exact) mass is 560 g/mol. The molecule has 5 nitrogen and oxygen atoms in total. The van der Waals surface area contributed by atoms with Crippen LogP contribution >= 0.6 is 0 Å². The zero-order valence-electron chi connectivity index (χ0n) is 25.7. The first-order chi connectivity index (χ1) is 20.4. The molecule has 0 saturated heterocycles. The molecule has 0 N–H and O–H groups in total. The van der Waals surface area contributed by atoms with Gasteiger partial charge in [-0.3, -0.25) is 9.97 Å². The fourth-order valence-electron chi connectivity index (χ4n) is 2.85. The molecule has 0 saturated carbocycles. The van der Waals surface area contributed by atoms with Crippen LogP contribution in [0.25, 0.3) is 0 Å². The lowest BCUT2D eigenvalue weighted by molar-refractivity contribution is 0.415.